The fourth-order valence-electron chi connectivity index (χ4n) is 3.50. The molecule has 0 aliphatic heterocycles. The number of aryl methyl sites for hydroxylation is 1. The number of aromatic nitrogens is 4. The number of unbranched alkanes of at least 4 members (excludes halogenated alkanes) is 2. The number of carbonyl (C=O) groups is 1. The Morgan fingerprint density at radius 2 is 2.00 bits per heavy atom. The van der Waals surface area contributed by atoms with E-state index in [2.05, 4.69) is 21.5 Å². The number of carboxylic acid groups (broad SMARTS) is 1. The van der Waals surface area contributed by atoms with Crippen molar-refractivity contribution in [2.24, 2.45) is 0 Å². The van der Waals surface area contributed by atoms with Gasteiger partial charge in [0.1, 0.15) is 5.82 Å². The molecule has 0 saturated carbocycles. The predicted molar refractivity (Wildman–Crippen MR) is 113 cm³/mol. The van der Waals surface area contributed by atoms with E-state index < -0.39 is 5.97 Å². The lowest BCUT2D eigenvalue weighted by molar-refractivity contribution is -0.137. The molecule has 0 aliphatic rings. The minimum Gasteiger partial charge on any atom is -0.481 e. The second-order valence-corrected chi connectivity index (χ2v) is 7.05. The van der Waals surface area contributed by atoms with Gasteiger partial charge in [-0.15, -0.1) is 0 Å². The van der Waals surface area contributed by atoms with Gasteiger partial charge in [0.25, 0.3) is 0 Å². The van der Waals surface area contributed by atoms with Crippen molar-refractivity contribution in [1.29, 1.82) is 0 Å². The molecule has 0 aliphatic carbocycles. The molecule has 7 nitrogen and oxygen atoms in total. The first-order valence-electron chi connectivity index (χ1n) is 9.78. The van der Waals surface area contributed by atoms with E-state index in [1.165, 1.54) is 0 Å². The first kappa shape index (κ1) is 18.9. The highest BCUT2D eigenvalue weighted by molar-refractivity contribution is 5.86. The normalized spacial score (nSPS) is 11.2. The van der Waals surface area contributed by atoms with Gasteiger partial charge in [-0.3, -0.25) is 9.78 Å². The maximum Gasteiger partial charge on any atom is 0.303 e. The summed E-state index contributed by atoms with van der Waals surface area (Å²) >= 11 is 0. The number of anilines is 1. The van der Waals surface area contributed by atoms with Gasteiger partial charge in [-0.05, 0) is 31.4 Å². The van der Waals surface area contributed by atoms with Gasteiger partial charge in [0.2, 0.25) is 0 Å². The van der Waals surface area contributed by atoms with Crippen molar-refractivity contribution in [3.63, 3.8) is 0 Å². The van der Waals surface area contributed by atoms with E-state index in [0.29, 0.717) is 6.42 Å². The van der Waals surface area contributed by atoms with Crippen LogP contribution in [-0.4, -0.2) is 37.7 Å². The minimum absolute atomic E-state index is 0.218. The van der Waals surface area contributed by atoms with Crippen LogP contribution >= 0.6 is 0 Å². The summed E-state index contributed by atoms with van der Waals surface area (Å²) in [6, 6.07) is 12.1. The zero-order chi connectivity index (χ0) is 20.2. The minimum atomic E-state index is -0.741. The molecule has 0 spiro atoms. The monoisotopic (exact) mass is 389 g/mol. The van der Waals surface area contributed by atoms with Crippen LogP contribution in [0.25, 0.3) is 27.7 Å². The van der Waals surface area contributed by atoms with Crippen LogP contribution in [0.4, 0.5) is 5.82 Å². The Kier molecular flexibility index (Phi) is 5.37. The molecule has 0 amide bonds. The number of nitrogens with one attached hydrogen (secondary N) is 1. The van der Waals surface area contributed by atoms with Crippen molar-refractivity contribution in [3.8, 4) is 11.1 Å². The number of hydrogen-bond donors (Lipinski definition) is 2. The van der Waals surface area contributed by atoms with Gasteiger partial charge in [0, 0.05) is 47.9 Å². The molecular weight excluding hydrogens is 366 g/mol. The van der Waals surface area contributed by atoms with E-state index in [4.69, 9.17) is 10.1 Å². The predicted octanol–water partition coefficient (Wildman–Crippen LogP) is 4.17. The first-order valence-corrected chi connectivity index (χ1v) is 9.78. The number of para-hydroxylation sites is 1. The fourth-order valence-corrected chi connectivity index (χ4v) is 3.50. The van der Waals surface area contributed by atoms with Crippen LogP contribution in [0, 0.1) is 0 Å². The largest absolute Gasteiger partial charge is 0.481 e. The summed E-state index contributed by atoms with van der Waals surface area (Å²) in [4.78, 5) is 20.1. The Hall–Kier alpha value is -3.48. The van der Waals surface area contributed by atoms with Gasteiger partial charge >= 0.3 is 5.97 Å². The molecule has 29 heavy (non-hydrogen) atoms. The molecule has 4 aromatic rings. The average molecular weight is 389 g/mol. The highest BCUT2D eigenvalue weighted by Gasteiger charge is 2.13. The van der Waals surface area contributed by atoms with E-state index >= 15 is 0 Å². The molecule has 0 radical (unpaired) electrons. The van der Waals surface area contributed by atoms with Gasteiger partial charge in [-0.1, -0.05) is 24.6 Å². The lowest BCUT2D eigenvalue weighted by Crippen LogP contribution is -2.04. The van der Waals surface area contributed by atoms with Crippen molar-refractivity contribution in [3.05, 3.63) is 54.5 Å². The van der Waals surface area contributed by atoms with Crippen molar-refractivity contribution in [2.75, 3.05) is 12.4 Å². The number of hydrogen-bond acceptors (Lipinski definition) is 5. The number of benzene rings is 1. The zero-order valence-electron chi connectivity index (χ0n) is 16.3. The zero-order valence-corrected chi connectivity index (χ0v) is 16.3. The van der Waals surface area contributed by atoms with Gasteiger partial charge in [0.15, 0.2) is 5.65 Å². The number of fused-ring (bicyclic) bond motifs is 2. The number of nitrogens with zero attached hydrogens (tertiary/aromatic N) is 4. The summed E-state index contributed by atoms with van der Waals surface area (Å²) in [6.45, 7) is 0. The summed E-state index contributed by atoms with van der Waals surface area (Å²) < 4.78 is 1.80. The fraction of sp³-hybridized carbons (Fsp3) is 0.273. The van der Waals surface area contributed by atoms with Crippen molar-refractivity contribution >= 4 is 28.3 Å². The maximum atomic E-state index is 10.7. The molecule has 0 atom stereocenters. The van der Waals surface area contributed by atoms with E-state index in [-0.39, 0.29) is 6.42 Å². The van der Waals surface area contributed by atoms with Gasteiger partial charge < -0.3 is 10.4 Å². The van der Waals surface area contributed by atoms with E-state index in [9.17, 15) is 4.79 Å². The molecule has 2 N–H and O–H groups in total. The van der Waals surface area contributed by atoms with E-state index in [1.807, 2.05) is 49.8 Å². The SMILES string of the molecule is CNc1cc(CCCCCC(=O)O)nc2c(-c3cnc4ccccc4c3)cnn12. The second-order valence-electron chi connectivity index (χ2n) is 7.05. The van der Waals surface area contributed by atoms with Crippen LogP contribution < -0.4 is 5.32 Å². The van der Waals surface area contributed by atoms with Gasteiger partial charge in [0.05, 0.1) is 11.7 Å². The molecule has 0 fully saturated rings. The first-order chi connectivity index (χ1) is 14.2. The molecule has 148 valence electrons. The Morgan fingerprint density at radius 3 is 2.83 bits per heavy atom. The van der Waals surface area contributed by atoms with Crippen LogP contribution in [0.5, 0.6) is 0 Å². The third kappa shape index (κ3) is 4.03. The molecule has 0 bridgehead atoms. The Bertz CT molecular complexity index is 1170. The maximum absolute atomic E-state index is 10.7. The Labute approximate surface area is 168 Å². The second kappa shape index (κ2) is 8.26. The number of aliphatic carboxylic acids is 1. The highest BCUT2D eigenvalue weighted by Crippen LogP contribution is 2.27. The molecular formula is C22H23N5O2. The number of rotatable bonds is 8. The molecule has 7 heteroatoms. The standard InChI is InChI=1S/C22H23N5O2/c1-23-20-12-17(8-3-2-4-10-21(28)29)26-22-18(14-25-27(20)22)16-11-15-7-5-6-9-19(15)24-13-16/h5-7,9,11-14,23H,2-4,8,10H2,1H3,(H,28,29). The molecule has 3 aromatic heterocycles. The molecule has 1 aromatic carbocycles. The lowest BCUT2D eigenvalue weighted by atomic mass is 10.1. The highest BCUT2D eigenvalue weighted by atomic mass is 16.4. The van der Waals surface area contributed by atoms with E-state index in [1.54, 1.807) is 4.52 Å². The third-order valence-electron chi connectivity index (χ3n) is 5.01. The van der Waals surface area contributed by atoms with Gasteiger partial charge in [-0.2, -0.15) is 9.61 Å². The molecule has 0 saturated heterocycles. The van der Waals surface area contributed by atoms with Crippen LogP contribution in [0.2, 0.25) is 0 Å². The number of pyridine rings is 1. The van der Waals surface area contributed by atoms with Crippen LogP contribution in [0.1, 0.15) is 31.4 Å². The smallest absolute Gasteiger partial charge is 0.303 e. The summed E-state index contributed by atoms with van der Waals surface area (Å²) in [7, 11) is 1.87. The average Bonchev–Trinajstić information content (AvgIpc) is 3.16. The number of carboxylic acids is 1. The van der Waals surface area contributed by atoms with Crippen molar-refractivity contribution in [2.45, 2.75) is 32.1 Å². The van der Waals surface area contributed by atoms with Crippen LogP contribution in [0.15, 0.2) is 48.8 Å². The summed E-state index contributed by atoms with van der Waals surface area (Å²) in [6.07, 6.45) is 7.16. The van der Waals surface area contributed by atoms with Crippen LogP contribution in [0.3, 0.4) is 0 Å². The summed E-state index contributed by atoms with van der Waals surface area (Å²) in [5, 5.41) is 17.5. The van der Waals surface area contributed by atoms with Crippen molar-refractivity contribution in [1.82, 2.24) is 19.6 Å². The lowest BCUT2D eigenvalue weighted by Gasteiger charge is -2.09. The Balaban J connectivity index is 1.65. The van der Waals surface area contributed by atoms with E-state index in [0.717, 1.165) is 58.5 Å². The molecule has 4 rings (SSSR count). The van der Waals surface area contributed by atoms with Crippen LogP contribution in [-0.2, 0) is 11.2 Å². The Morgan fingerprint density at radius 1 is 1.14 bits per heavy atom. The summed E-state index contributed by atoms with van der Waals surface area (Å²) in [5.41, 5.74) is 4.63. The van der Waals surface area contributed by atoms with Crippen molar-refractivity contribution < 1.29 is 9.90 Å². The topological polar surface area (TPSA) is 92.4 Å². The molecule has 3 heterocycles. The quantitative estimate of drug-likeness (QED) is 0.439. The molecule has 0 unspecified atom stereocenters. The summed E-state index contributed by atoms with van der Waals surface area (Å²) in [5.74, 6) is 0.130. The van der Waals surface area contributed by atoms with Gasteiger partial charge in [-0.25, -0.2) is 4.98 Å². The third-order valence-corrected chi connectivity index (χ3v) is 5.01.